The summed E-state index contributed by atoms with van der Waals surface area (Å²) in [5.41, 5.74) is 3.47. The smallest absolute Gasteiger partial charge is 0.187 e. The lowest BCUT2D eigenvalue weighted by Crippen LogP contribution is -1.97. The average molecular weight is 341 g/mol. The van der Waals surface area contributed by atoms with Gasteiger partial charge in [-0.1, -0.05) is 64.9 Å². The summed E-state index contributed by atoms with van der Waals surface area (Å²) in [7, 11) is 0. The van der Waals surface area contributed by atoms with Gasteiger partial charge in [0.2, 0.25) is 4.96 Å². The summed E-state index contributed by atoms with van der Waals surface area (Å²) in [5.74, 6) is 0.830. The van der Waals surface area contributed by atoms with E-state index in [4.69, 9.17) is 11.6 Å². The Morgan fingerprint density at radius 1 is 1.00 bits per heavy atom. The van der Waals surface area contributed by atoms with Crippen LogP contribution in [0.2, 0.25) is 5.02 Å². The molecule has 0 radical (unpaired) electrons. The molecule has 6 heteroatoms. The van der Waals surface area contributed by atoms with E-state index in [9.17, 15) is 0 Å². The second-order valence-electron chi connectivity index (χ2n) is 5.39. The van der Waals surface area contributed by atoms with Gasteiger partial charge in [0.05, 0.1) is 0 Å². The Morgan fingerprint density at radius 3 is 2.48 bits per heavy atom. The van der Waals surface area contributed by atoms with Crippen LogP contribution in [0.4, 0.5) is 0 Å². The molecule has 0 amide bonds. The first-order chi connectivity index (χ1) is 11.2. The number of hydrogen-bond donors (Lipinski definition) is 0. The van der Waals surface area contributed by atoms with E-state index in [2.05, 4.69) is 46.5 Å². The van der Waals surface area contributed by atoms with Crippen molar-refractivity contribution >= 4 is 27.9 Å². The summed E-state index contributed by atoms with van der Waals surface area (Å²) in [6.45, 7) is 2.08. The van der Waals surface area contributed by atoms with Crippen molar-refractivity contribution in [3.63, 3.8) is 0 Å². The van der Waals surface area contributed by atoms with E-state index < -0.39 is 0 Å². The summed E-state index contributed by atoms with van der Waals surface area (Å²) >= 11 is 7.47. The van der Waals surface area contributed by atoms with Gasteiger partial charge in [0.1, 0.15) is 5.01 Å². The van der Waals surface area contributed by atoms with Crippen LogP contribution in [-0.4, -0.2) is 19.8 Å². The van der Waals surface area contributed by atoms with Crippen molar-refractivity contribution in [2.75, 3.05) is 0 Å². The highest BCUT2D eigenvalue weighted by Gasteiger charge is 2.13. The molecule has 0 aliphatic heterocycles. The molecule has 0 unspecified atom stereocenters. The molecule has 0 aliphatic rings. The van der Waals surface area contributed by atoms with E-state index in [1.165, 1.54) is 5.56 Å². The lowest BCUT2D eigenvalue weighted by molar-refractivity contribution is 0.854. The number of aryl methyl sites for hydroxylation is 1. The Labute approximate surface area is 142 Å². The third-order valence-corrected chi connectivity index (χ3v) is 4.83. The molecule has 2 aromatic carbocycles. The fourth-order valence-electron chi connectivity index (χ4n) is 2.37. The van der Waals surface area contributed by atoms with Gasteiger partial charge in [0.25, 0.3) is 0 Å². The van der Waals surface area contributed by atoms with E-state index in [1.807, 2.05) is 28.8 Å². The van der Waals surface area contributed by atoms with Crippen molar-refractivity contribution in [3.05, 3.63) is 70.5 Å². The standard InChI is InChI=1S/C17H13ClN4S/c1-11-2-6-13(7-3-11)16-21-22-15(19-20-17(22)23-16)10-12-4-8-14(18)9-5-12/h2-9H,10H2,1H3. The monoisotopic (exact) mass is 340 g/mol. The molecule has 0 spiro atoms. The number of aromatic nitrogens is 4. The molecule has 114 valence electrons. The molecule has 4 rings (SSSR count). The van der Waals surface area contributed by atoms with Gasteiger partial charge in [-0.15, -0.1) is 10.2 Å². The summed E-state index contributed by atoms with van der Waals surface area (Å²) in [6.07, 6.45) is 0.676. The molecular weight excluding hydrogens is 328 g/mol. The molecule has 0 N–H and O–H groups in total. The van der Waals surface area contributed by atoms with Crippen LogP contribution in [0.15, 0.2) is 48.5 Å². The maximum atomic E-state index is 5.93. The Hall–Kier alpha value is -2.24. The second kappa shape index (κ2) is 5.76. The fourth-order valence-corrected chi connectivity index (χ4v) is 3.35. The van der Waals surface area contributed by atoms with Crippen LogP contribution in [0.3, 0.4) is 0 Å². The van der Waals surface area contributed by atoms with Crippen molar-refractivity contribution in [3.8, 4) is 10.6 Å². The fraction of sp³-hybridized carbons (Fsp3) is 0.118. The van der Waals surface area contributed by atoms with Gasteiger partial charge in [-0.05, 0) is 24.6 Å². The number of hydrogen-bond acceptors (Lipinski definition) is 4. The number of rotatable bonds is 3. The summed E-state index contributed by atoms with van der Waals surface area (Å²) < 4.78 is 1.83. The van der Waals surface area contributed by atoms with Crippen molar-refractivity contribution in [2.24, 2.45) is 0 Å². The van der Waals surface area contributed by atoms with Crippen LogP contribution in [0.1, 0.15) is 17.0 Å². The molecular formula is C17H13ClN4S. The zero-order valence-electron chi connectivity index (χ0n) is 12.4. The normalized spacial score (nSPS) is 11.2. The summed E-state index contributed by atoms with van der Waals surface area (Å²) in [5, 5.41) is 14.8. The van der Waals surface area contributed by atoms with Gasteiger partial charge in [-0.2, -0.15) is 9.61 Å². The van der Waals surface area contributed by atoms with Crippen LogP contribution in [0, 0.1) is 6.92 Å². The molecule has 0 saturated carbocycles. The zero-order valence-corrected chi connectivity index (χ0v) is 14.0. The van der Waals surface area contributed by atoms with Crippen LogP contribution in [-0.2, 0) is 6.42 Å². The molecule has 2 heterocycles. The van der Waals surface area contributed by atoms with Gasteiger partial charge in [0.15, 0.2) is 5.82 Å². The van der Waals surface area contributed by atoms with Gasteiger partial charge >= 0.3 is 0 Å². The minimum Gasteiger partial charge on any atom is -0.187 e. The second-order valence-corrected chi connectivity index (χ2v) is 6.78. The molecule has 4 aromatic rings. The first-order valence-electron chi connectivity index (χ1n) is 7.22. The summed E-state index contributed by atoms with van der Waals surface area (Å²) in [4.78, 5) is 0.810. The van der Waals surface area contributed by atoms with E-state index in [0.717, 1.165) is 31.9 Å². The number of nitrogens with zero attached hydrogens (tertiary/aromatic N) is 4. The van der Waals surface area contributed by atoms with Crippen molar-refractivity contribution in [2.45, 2.75) is 13.3 Å². The molecule has 0 aliphatic carbocycles. The van der Waals surface area contributed by atoms with Crippen molar-refractivity contribution in [1.82, 2.24) is 19.8 Å². The van der Waals surface area contributed by atoms with Crippen LogP contribution in [0.25, 0.3) is 15.5 Å². The topological polar surface area (TPSA) is 43.1 Å². The van der Waals surface area contributed by atoms with Gasteiger partial charge in [0, 0.05) is 17.0 Å². The molecule has 2 aromatic heterocycles. The first-order valence-corrected chi connectivity index (χ1v) is 8.41. The molecule has 0 fully saturated rings. The molecule has 0 saturated heterocycles. The number of benzene rings is 2. The molecule has 0 atom stereocenters. The van der Waals surface area contributed by atoms with Gasteiger partial charge in [-0.3, -0.25) is 0 Å². The molecule has 0 bridgehead atoms. The maximum absolute atomic E-state index is 5.93. The lowest BCUT2D eigenvalue weighted by Gasteiger charge is -1.99. The largest absolute Gasteiger partial charge is 0.234 e. The first kappa shape index (κ1) is 14.4. The molecule has 23 heavy (non-hydrogen) atoms. The van der Waals surface area contributed by atoms with Crippen LogP contribution in [0.5, 0.6) is 0 Å². The lowest BCUT2D eigenvalue weighted by atomic mass is 10.1. The third-order valence-electron chi connectivity index (χ3n) is 3.63. The SMILES string of the molecule is Cc1ccc(-c2nn3c(Cc4ccc(Cl)cc4)nnc3s2)cc1. The van der Waals surface area contributed by atoms with Crippen LogP contribution < -0.4 is 0 Å². The van der Waals surface area contributed by atoms with E-state index in [1.54, 1.807) is 11.3 Å². The van der Waals surface area contributed by atoms with Crippen molar-refractivity contribution in [1.29, 1.82) is 0 Å². The van der Waals surface area contributed by atoms with Gasteiger partial charge in [-0.25, -0.2) is 0 Å². The van der Waals surface area contributed by atoms with Gasteiger partial charge < -0.3 is 0 Å². The predicted molar refractivity (Wildman–Crippen MR) is 93.1 cm³/mol. The predicted octanol–water partition coefficient (Wildman–Crippen LogP) is 4.41. The van der Waals surface area contributed by atoms with E-state index >= 15 is 0 Å². The minimum atomic E-state index is 0.676. The highest BCUT2D eigenvalue weighted by molar-refractivity contribution is 7.19. The Bertz CT molecular complexity index is 955. The van der Waals surface area contributed by atoms with Crippen molar-refractivity contribution < 1.29 is 0 Å². The van der Waals surface area contributed by atoms with Crippen LogP contribution >= 0.6 is 22.9 Å². The van der Waals surface area contributed by atoms with E-state index in [-0.39, 0.29) is 0 Å². The zero-order chi connectivity index (χ0) is 15.8. The highest BCUT2D eigenvalue weighted by Crippen LogP contribution is 2.26. The quantitative estimate of drug-likeness (QED) is 0.555. The summed E-state index contributed by atoms with van der Waals surface area (Å²) in [6, 6.07) is 16.1. The third kappa shape index (κ3) is 2.85. The average Bonchev–Trinajstić information content (AvgIpc) is 3.12. The number of fused-ring (bicyclic) bond motifs is 1. The van der Waals surface area contributed by atoms with E-state index in [0.29, 0.717) is 6.42 Å². The Kier molecular flexibility index (Phi) is 3.59. The Balaban J connectivity index is 1.69. The highest BCUT2D eigenvalue weighted by atomic mass is 35.5. The maximum Gasteiger partial charge on any atom is 0.234 e. The Morgan fingerprint density at radius 2 is 1.74 bits per heavy atom. The molecule has 4 nitrogen and oxygen atoms in total. The minimum absolute atomic E-state index is 0.676. The number of halogens is 1.